The van der Waals surface area contributed by atoms with Crippen molar-refractivity contribution in [3.05, 3.63) is 49.1 Å². The minimum atomic E-state index is 0.355. The van der Waals surface area contributed by atoms with Gasteiger partial charge in [-0.15, -0.1) is 0 Å². The molecule has 0 spiro atoms. The van der Waals surface area contributed by atoms with Crippen LogP contribution in [0.1, 0.15) is 0 Å². The third kappa shape index (κ3) is 2.88. The quantitative estimate of drug-likeness (QED) is 0.474. The van der Waals surface area contributed by atoms with Gasteiger partial charge in [0.15, 0.2) is 0 Å². The molecule has 0 saturated heterocycles. The molecule has 3 N–H and O–H groups in total. The summed E-state index contributed by atoms with van der Waals surface area (Å²) in [5.41, 5.74) is 7.17. The Bertz CT molecular complexity index is 261. The Morgan fingerprint density at radius 2 is 1.58 bits per heavy atom. The highest BCUT2D eigenvalue weighted by Crippen LogP contribution is 2.05. The van der Waals surface area contributed by atoms with E-state index in [4.69, 9.17) is 5.73 Å². The van der Waals surface area contributed by atoms with Gasteiger partial charge in [-0.05, 0) is 6.72 Å². The first-order valence-electron chi connectivity index (χ1n) is 3.24. The molecule has 0 saturated carbocycles. The van der Waals surface area contributed by atoms with Crippen LogP contribution in [0, 0.1) is 0 Å². The summed E-state index contributed by atoms with van der Waals surface area (Å²) in [5, 5.41) is 2.78. The molecule has 12 heavy (non-hydrogen) atoms. The molecule has 0 aromatic carbocycles. The number of hydrogen-bond acceptors (Lipinski definition) is 3. The van der Waals surface area contributed by atoms with Crippen LogP contribution in [0.4, 0.5) is 0 Å². The van der Waals surface area contributed by atoms with Crippen LogP contribution < -0.4 is 11.1 Å². The van der Waals surface area contributed by atoms with Gasteiger partial charge >= 0.3 is 0 Å². The topological polar surface area (TPSA) is 50.4 Å². The van der Waals surface area contributed by atoms with Gasteiger partial charge in [-0.25, -0.2) is 0 Å². The number of rotatable bonds is 5. The van der Waals surface area contributed by atoms with Gasteiger partial charge in [0.1, 0.15) is 0 Å². The van der Waals surface area contributed by atoms with E-state index in [1.807, 2.05) is 0 Å². The molecule has 0 bridgehead atoms. The lowest BCUT2D eigenvalue weighted by Crippen LogP contribution is -2.16. The first-order chi connectivity index (χ1) is 5.49. The summed E-state index contributed by atoms with van der Waals surface area (Å²) in [6.07, 6.45) is 0. The highest BCUT2D eigenvalue weighted by atomic mass is 15.0. The van der Waals surface area contributed by atoms with Crippen LogP contribution >= 0.6 is 0 Å². The van der Waals surface area contributed by atoms with Gasteiger partial charge in [-0.2, -0.15) is 0 Å². The lowest BCUT2D eigenvalue weighted by molar-refractivity contribution is 0.988. The van der Waals surface area contributed by atoms with Crippen molar-refractivity contribution in [2.24, 2.45) is 10.7 Å². The van der Waals surface area contributed by atoms with Crippen molar-refractivity contribution in [1.82, 2.24) is 5.32 Å². The maximum atomic E-state index is 5.35. The minimum absolute atomic E-state index is 0.355. The maximum Gasteiger partial charge on any atom is 0.0779 e. The number of aliphatic imine (C=N–C) groups is 1. The van der Waals surface area contributed by atoms with E-state index in [0.717, 1.165) is 0 Å². The Morgan fingerprint density at radius 1 is 1.08 bits per heavy atom. The van der Waals surface area contributed by atoms with E-state index in [1.54, 1.807) is 0 Å². The van der Waals surface area contributed by atoms with Crippen LogP contribution in [0.25, 0.3) is 0 Å². The average Bonchev–Trinajstić information content (AvgIpc) is 2.02. The van der Waals surface area contributed by atoms with Crippen LogP contribution in [0.5, 0.6) is 0 Å². The summed E-state index contributed by atoms with van der Waals surface area (Å²) in [6.45, 7) is 17.6. The van der Waals surface area contributed by atoms with Gasteiger partial charge in [-0.1, -0.05) is 26.3 Å². The molecule has 0 heterocycles. The van der Waals surface area contributed by atoms with Crippen molar-refractivity contribution >= 4 is 6.72 Å². The first-order valence-corrected chi connectivity index (χ1v) is 3.24. The van der Waals surface area contributed by atoms with E-state index in [2.05, 4.69) is 43.3 Å². The third-order valence-corrected chi connectivity index (χ3v) is 1.23. The molecule has 0 atom stereocenters. The molecule has 0 aliphatic rings. The molecule has 0 amide bonds. The van der Waals surface area contributed by atoms with Gasteiger partial charge in [0.05, 0.1) is 17.1 Å². The van der Waals surface area contributed by atoms with E-state index in [0.29, 0.717) is 22.8 Å². The lowest BCUT2D eigenvalue weighted by Gasteiger charge is -2.10. The van der Waals surface area contributed by atoms with Crippen molar-refractivity contribution < 1.29 is 0 Å². The first kappa shape index (κ1) is 10.2. The summed E-state index contributed by atoms with van der Waals surface area (Å²) in [7, 11) is 0. The van der Waals surface area contributed by atoms with Crippen LogP contribution in [-0.2, 0) is 0 Å². The largest absolute Gasteiger partial charge is 0.398 e. The Kier molecular flexibility index (Phi) is 3.56. The van der Waals surface area contributed by atoms with E-state index in [9.17, 15) is 0 Å². The monoisotopic (exact) mass is 163 g/mol. The molecular weight excluding hydrogens is 150 g/mol. The highest BCUT2D eigenvalue weighted by molar-refractivity contribution is 5.37. The van der Waals surface area contributed by atoms with Crippen LogP contribution in [0.3, 0.4) is 0 Å². The second-order valence-corrected chi connectivity index (χ2v) is 2.21. The second-order valence-electron chi connectivity index (χ2n) is 2.21. The third-order valence-electron chi connectivity index (χ3n) is 1.23. The van der Waals surface area contributed by atoms with Crippen molar-refractivity contribution in [2.75, 3.05) is 0 Å². The molecule has 0 fully saturated rings. The Balaban J connectivity index is 4.20. The van der Waals surface area contributed by atoms with Crippen molar-refractivity contribution in [3.63, 3.8) is 0 Å². The van der Waals surface area contributed by atoms with Gasteiger partial charge in [0, 0.05) is 5.70 Å². The molecular formula is C9H13N3. The molecule has 64 valence electrons. The molecule has 0 aliphatic heterocycles. The number of hydrogen-bond donors (Lipinski definition) is 2. The van der Waals surface area contributed by atoms with Gasteiger partial charge in [0.2, 0.25) is 0 Å². The van der Waals surface area contributed by atoms with Crippen LogP contribution in [0.2, 0.25) is 0 Å². The fraction of sp³-hybridized carbons (Fsp3) is 0. The van der Waals surface area contributed by atoms with Crippen LogP contribution in [-0.4, -0.2) is 6.72 Å². The molecule has 3 heteroatoms. The Morgan fingerprint density at radius 3 is 1.92 bits per heavy atom. The predicted octanol–water partition coefficient (Wildman–Crippen LogP) is 1.29. The van der Waals surface area contributed by atoms with Gasteiger partial charge < -0.3 is 11.1 Å². The van der Waals surface area contributed by atoms with E-state index in [-0.39, 0.29) is 0 Å². The summed E-state index contributed by atoms with van der Waals surface area (Å²) in [5.74, 6) is 0. The SMILES string of the molecule is C=NC(=C)C(=C)NC(=C)C(=C)N. The zero-order valence-corrected chi connectivity index (χ0v) is 7.06. The van der Waals surface area contributed by atoms with E-state index >= 15 is 0 Å². The molecule has 0 aromatic heterocycles. The fourth-order valence-electron chi connectivity index (χ4n) is 0.430. The highest BCUT2D eigenvalue weighted by Gasteiger charge is 1.99. The molecule has 0 radical (unpaired) electrons. The second kappa shape index (κ2) is 4.18. The molecule has 0 aliphatic carbocycles. The predicted molar refractivity (Wildman–Crippen MR) is 53.4 cm³/mol. The van der Waals surface area contributed by atoms with Gasteiger partial charge in [-0.3, -0.25) is 4.99 Å². The van der Waals surface area contributed by atoms with E-state index < -0.39 is 0 Å². The lowest BCUT2D eigenvalue weighted by atomic mass is 10.3. The van der Waals surface area contributed by atoms with Crippen molar-refractivity contribution in [3.8, 4) is 0 Å². The molecule has 3 nitrogen and oxygen atoms in total. The minimum Gasteiger partial charge on any atom is -0.398 e. The Hall–Kier alpha value is -1.77. The summed E-state index contributed by atoms with van der Waals surface area (Å²) in [4.78, 5) is 3.58. The van der Waals surface area contributed by atoms with E-state index in [1.165, 1.54) is 0 Å². The Labute approximate surface area is 72.7 Å². The number of nitrogens with one attached hydrogen (secondary N) is 1. The number of nitrogens with zero attached hydrogens (tertiary/aromatic N) is 1. The fourth-order valence-corrected chi connectivity index (χ4v) is 0.430. The normalized spacial score (nSPS) is 8.33. The smallest absolute Gasteiger partial charge is 0.0779 e. The zero-order chi connectivity index (χ0) is 9.72. The summed E-state index contributed by atoms with van der Waals surface area (Å²) >= 11 is 0. The summed E-state index contributed by atoms with van der Waals surface area (Å²) < 4.78 is 0. The molecule has 0 aromatic rings. The van der Waals surface area contributed by atoms with Crippen molar-refractivity contribution in [2.45, 2.75) is 0 Å². The zero-order valence-electron chi connectivity index (χ0n) is 7.06. The molecule has 0 unspecified atom stereocenters. The van der Waals surface area contributed by atoms with Crippen molar-refractivity contribution in [1.29, 1.82) is 0 Å². The van der Waals surface area contributed by atoms with Crippen LogP contribution in [0.15, 0.2) is 54.1 Å². The molecule has 0 rings (SSSR count). The average molecular weight is 163 g/mol. The number of nitrogens with two attached hydrogens (primary N) is 1. The standard InChI is InChI=1S/C9H13N3/c1-6(10)7(2)12-9(4)8(3)11-5/h12H,1-5,10H2. The van der Waals surface area contributed by atoms with Gasteiger partial charge in [0.25, 0.3) is 0 Å². The summed E-state index contributed by atoms with van der Waals surface area (Å²) in [6, 6.07) is 0. The maximum absolute atomic E-state index is 5.35.